The van der Waals surface area contributed by atoms with Gasteiger partial charge in [0.05, 0.1) is 30.1 Å². The first kappa shape index (κ1) is 28.3. The summed E-state index contributed by atoms with van der Waals surface area (Å²) in [5.74, 6) is -1.89. The van der Waals surface area contributed by atoms with Crippen molar-refractivity contribution in [3.8, 4) is 5.69 Å². The average molecular weight is 541 g/mol. The highest BCUT2D eigenvalue weighted by Gasteiger charge is 2.35. The molecule has 0 aliphatic rings. The van der Waals surface area contributed by atoms with Gasteiger partial charge < -0.3 is 5.32 Å². The van der Waals surface area contributed by atoms with Crippen molar-refractivity contribution >= 4 is 15.9 Å². The van der Waals surface area contributed by atoms with Crippen molar-refractivity contribution < 1.29 is 30.8 Å². The third-order valence-electron chi connectivity index (χ3n) is 5.79. The van der Waals surface area contributed by atoms with E-state index >= 15 is 0 Å². The smallest absolute Gasteiger partial charge is 0.350 e. The van der Waals surface area contributed by atoms with Gasteiger partial charge in [-0.3, -0.25) is 4.79 Å². The number of alkyl halides is 3. The molecule has 0 aliphatic carbocycles. The molecule has 1 atom stereocenters. The Morgan fingerprint density at radius 1 is 1.03 bits per heavy atom. The Labute approximate surface area is 212 Å². The topological polar surface area (TPSA) is 93.1 Å². The monoisotopic (exact) mass is 540 g/mol. The largest absolute Gasteiger partial charge is 0.435 e. The number of amides is 1. The highest BCUT2D eigenvalue weighted by Crippen LogP contribution is 2.30. The van der Waals surface area contributed by atoms with E-state index in [-0.39, 0.29) is 30.3 Å². The van der Waals surface area contributed by atoms with E-state index in [2.05, 4.69) is 15.1 Å². The fourth-order valence-corrected chi connectivity index (χ4v) is 4.01. The van der Waals surface area contributed by atoms with Gasteiger partial charge in [0.1, 0.15) is 5.82 Å². The zero-order valence-electron chi connectivity index (χ0n) is 20.7. The summed E-state index contributed by atoms with van der Waals surface area (Å²) in [6.45, 7) is 4.97. The Balaban J connectivity index is 1.79. The predicted octanol–water partition coefficient (Wildman–Crippen LogP) is 4.62. The van der Waals surface area contributed by atoms with Crippen molar-refractivity contribution in [3.63, 3.8) is 0 Å². The van der Waals surface area contributed by atoms with Crippen LogP contribution in [0, 0.1) is 5.82 Å². The van der Waals surface area contributed by atoms with E-state index in [4.69, 9.17) is 0 Å². The van der Waals surface area contributed by atoms with Crippen LogP contribution in [0.3, 0.4) is 0 Å². The minimum Gasteiger partial charge on any atom is -0.350 e. The first-order valence-corrected chi connectivity index (χ1v) is 13.3. The maximum atomic E-state index is 14.5. The number of benzene rings is 2. The second-order valence-corrected chi connectivity index (χ2v) is 10.9. The zero-order chi connectivity index (χ0) is 27.5. The molecule has 0 aliphatic heterocycles. The second-order valence-electron chi connectivity index (χ2n) is 9.06. The Morgan fingerprint density at radius 2 is 1.73 bits per heavy atom. The van der Waals surface area contributed by atoms with E-state index in [9.17, 15) is 30.8 Å². The summed E-state index contributed by atoms with van der Waals surface area (Å²) >= 11 is 0. The van der Waals surface area contributed by atoms with E-state index in [1.807, 2.05) is 19.9 Å². The number of hydrogen-bond donors (Lipinski definition) is 2. The van der Waals surface area contributed by atoms with Crippen molar-refractivity contribution in [2.75, 3.05) is 6.26 Å². The molecular weight excluding hydrogens is 512 g/mol. The molecule has 12 heteroatoms. The quantitative estimate of drug-likeness (QED) is 0.388. The van der Waals surface area contributed by atoms with Crippen LogP contribution in [-0.4, -0.2) is 30.4 Å². The SMILES string of the molecule is CC(C)c1cccc(-n2nc(C(F)(F)F)cc2CNC(=O)C(C)c2ccc(CNS(C)(=O)=O)c(F)c2)c1. The van der Waals surface area contributed by atoms with Gasteiger partial charge in [0.2, 0.25) is 15.9 Å². The van der Waals surface area contributed by atoms with Crippen LogP contribution in [0.5, 0.6) is 0 Å². The molecule has 1 amide bonds. The molecule has 7 nitrogen and oxygen atoms in total. The lowest BCUT2D eigenvalue weighted by molar-refractivity contribution is -0.141. The molecule has 3 aromatic rings. The standard InChI is InChI=1S/C25H28F4N4O3S/c1-15(2)17-6-5-7-20(10-17)33-21(12-23(32-33)25(27,28)29)14-30-24(34)16(3)18-8-9-19(22(26)11-18)13-31-37(4,35)36/h5-12,15-16,31H,13-14H2,1-4H3,(H,30,34). The number of halogens is 4. The van der Waals surface area contributed by atoms with Crippen LogP contribution in [0.25, 0.3) is 5.69 Å². The van der Waals surface area contributed by atoms with Crippen LogP contribution in [0.4, 0.5) is 17.6 Å². The maximum absolute atomic E-state index is 14.5. The van der Waals surface area contributed by atoms with Crippen LogP contribution >= 0.6 is 0 Å². The zero-order valence-corrected chi connectivity index (χ0v) is 21.5. The fraction of sp³-hybridized carbons (Fsp3) is 0.360. The maximum Gasteiger partial charge on any atom is 0.435 e. The molecule has 0 saturated carbocycles. The number of aromatic nitrogens is 2. The molecule has 37 heavy (non-hydrogen) atoms. The minimum absolute atomic E-state index is 0.106. The third-order valence-corrected chi connectivity index (χ3v) is 6.46. The van der Waals surface area contributed by atoms with Crippen LogP contribution in [0.2, 0.25) is 0 Å². The summed E-state index contributed by atoms with van der Waals surface area (Å²) in [6.07, 6.45) is -3.71. The molecule has 1 unspecified atom stereocenters. The van der Waals surface area contributed by atoms with Crippen molar-refractivity contribution in [1.82, 2.24) is 19.8 Å². The summed E-state index contributed by atoms with van der Waals surface area (Å²) in [4.78, 5) is 12.8. The van der Waals surface area contributed by atoms with E-state index in [0.717, 1.165) is 28.6 Å². The van der Waals surface area contributed by atoms with E-state index < -0.39 is 39.5 Å². The molecule has 0 spiro atoms. The Morgan fingerprint density at radius 3 is 2.32 bits per heavy atom. The Kier molecular flexibility index (Phi) is 8.43. The van der Waals surface area contributed by atoms with Crippen LogP contribution in [-0.2, 0) is 34.1 Å². The molecule has 1 heterocycles. The molecule has 0 fully saturated rings. The number of hydrogen-bond acceptors (Lipinski definition) is 4. The van der Waals surface area contributed by atoms with Gasteiger partial charge in [-0.25, -0.2) is 22.2 Å². The lowest BCUT2D eigenvalue weighted by atomic mass is 9.98. The predicted molar refractivity (Wildman–Crippen MR) is 131 cm³/mol. The summed E-state index contributed by atoms with van der Waals surface area (Å²) in [5.41, 5.74) is 0.824. The Bertz CT molecular complexity index is 1380. The summed E-state index contributed by atoms with van der Waals surface area (Å²) < 4.78 is 80.5. The second kappa shape index (κ2) is 11.0. The molecule has 0 saturated heterocycles. The van der Waals surface area contributed by atoms with Crippen molar-refractivity contribution in [3.05, 3.63) is 82.4 Å². The van der Waals surface area contributed by atoms with Gasteiger partial charge >= 0.3 is 6.18 Å². The number of nitrogens with zero attached hydrogens (tertiary/aromatic N) is 2. The van der Waals surface area contributed by atoms with Crippen LogP contribution in [0.1, 0.15) is 60.7 Å². The number of sulfonamides is 1. The van der Waals surface area contributed by atoms with Gasteiger partial charge in [0.15, 0.2) is 5.69 Å². The molecule has 3 rings (SSSR count). The lowest BCUT2D eigenvalue weighted by Crippen LogP contribution is -2.28. The summed E-state index contributed by atoms with van der Waals surface area (Å²) in [6, 6.07) is 11.9. The van der Waals surface area contributed by atoms with Gasteiger partial charge in [0.25, 0.3) is 0 Å². The minimum atomic E-state index is -4.67. The van der Waals surface area contributed by atoms with Gasteiger partial charge in [-0.15, -0.1) is 0 Å². The number of carbonyl (C=O) groups is 1. The highest BCUT2D eigenvalue weighted by molar-refractivity contribution is 7.88. The highest BCUT2D eigenvalue weighted by atomic mass is 32.2. The lowest BCUT2D eigenvalue weighted by Gasteiger charge is -2.15. The molecule has 200 valence electrons. The summed E-state index contributed by atoms with van der Waals surface area (Å²) in [5, 5.41) is 6.34. The van der Waals surface area contributed by atoms with Gasteiger partial charge in [-0.05, 0) is 48.2 Å². The average Bonchev–Trinajstić information content (AvgIpc) is 3.25. The molecule has 1 aromatic heterocycles. The van der Waals surface area contributed by atoms with E-state index in [1.54, 1.807) is 18.2 Å². The van der Waals surface area contributed by atoms with Crippen LogP contribution < -0.4 is 10.0 Å². The fourth-order valence-electron chi connectivity index (χ4n) is 3.59. The van der Waals surface area contributed by atoms with Crippen molar-refractivity contribution in [2.24, 2.45) is 0 Å². The molecule has 2 aromatic carbocycles. The molecule has 2 N–H and O–H groups in total. The number of nitrogens with one attached hydrogen (secondary N) is 2. The summed E-state index contributed by atoms with van der Waals surface area (Å²) in [7, 11) is -3.51. The normalized spacial score (nSPS) is 13.1. The van der Waals surface area contributed by atoms with Crippen molar-refractivity contribution in [2.45, 2.75) is 51.9 Å². The molecular formula is C25H28F4N4O3S. The van der Waals surface area contributed by atoms with E-state index in [1.165, 1.54) is 19.1 Å². The van der Waals surface area contributed by atoms with E-state index in [0.29, 0.717) is 11.3 Å². The molecule has 0 bridgehead atoms. The number of carbonyl (C=O) groups excluding carboxylic acids is 1. The molecule has 0 radical (unpaired) electrons. The van der Waals surface area contributed by atoms with Crippen LogP contribution in [0.15, 0.2) is 48.5 Å². The Hall–Kier alpha value is -3.25. The first-order chi connectivity index (χ1) is 17.2. The van der Waals surface area contributed by atoms with Gasteiger partial charge in [0, 0.05) is 12.1 Å². The number of rotatable bonds is 9. The van der Waals surface area contributed by atoms with Crippen molar-refractivity contribution in [1.29, 1.82) is 0 Å². The van der Waals surface area contributed by atoms with Gasteiger partial charge in [-0.1, -0.05) is 38.1 Å². The first-order valence-electron chi connectivity index (χ1n) is 11.4. The third kappa shape index (κ3) is 7.39. The van der Waals surface area contributed by atoms with Gasteiger partial charge in [-0.2, -0.15) is 18.3 Å².